The Bertz CT molecular complexity index is 797. The number of likely N-dealkylation sites (N-methyl/N-ethyl adjacent to an activating group) is 1. The Morgan fingerprint density at radius 1 is 1.06 bits per heavy atom. The number of hydrogen-bond donors (Lipinski definition) is 2. The van der Waals surface area contributed by atoms with Gasteiger partial charge in [-0.2, -0.15) is 0 Å². The van der Waals surface area contributed by atoms with Crippen LogP contribution in [0.2, 0.25) is 0 Å². The van der Waals surface area contributed by atoms with Gasteiger partial charge in [0.25, 0.3) is 0 Å². The Morgan fingerprint density at radius 3 is 2.26 bits per heavy atom. The highest BCUT2D eigenvalue weighted by Crippen LogP contribution is 2.20. The van der Waals surface area contributed by atoms with Crippen LogP contribution < -0.4 is 10.5 Å². The molecule has 2 aromatic carbocycles. The second-order valence-electron chi connectivity index (χ2n) is 9.46. The monoisotopic (exact) mass is 470 g/mol. The molecule has 0 saturated heterocycles. The molecular formula is C29H46N2O3. The number of carbonyl (C=O) groups is 1. The first kappa shape index (κ1) is 29.8. The normalized spacial score (nSPS) is 12.1. The third-order valence-corrected chi connectivity index (χ3v) is 5.68. The van der Waals surface area contributed by atoms with Crippen molar-refractivity contribution in [2.24, 2.45) is 5.73 Å². The van der Waals surface area contributed by atoms with Crippen LogP contribution in [0.4, 0.5) is 0 Å². The van der Waals surface area contributed by atoms with Gasteiger partial charge in [-0.25, -0.2) is 0 Å². The zero-order valence-electron chi connectivity index (χ0n) is 21.9. The number of aliphatic hydroxyl groups is 1. The van der Waals surface area contributed by atoms with Gasteiger partial charge in [0.05, 0.1) is 11.2 Å². The minimum absolute atomic E-state index is 0.136. The van der Waals surface area contributed by atoms with Crippen LogP contribution in [-0.4, -0.2) is 53.7 Å². The second-order valence-corrected chi connectivity index (χ2v) is 9.46. The van der Waals surface area contributed by atoms with Gasteiger partial charge in [0, 0.05) is 19.0 Å². The molecule has 190 valence electrons. The van der Waals surface area contributed by atoms with Gasteiger partial charge >= 0.3 is 0 Å². The molecule has 0 aliphatic carbocycles. The van der Waals surface area contributed by atoms with E-state index in [2.05, 4.69) is 30.9 Å². The molecule has 0 radical (unpaired) electrons. The van der Waals surface area contributed by atoms with Crippen molar-refractivity contribution >= 4 is 5.78 Å². The molecule has 0 saturated carbocycles. The van der Waals surface area contributed by atoms with E-state index in [0.717, 1.165) is 45.3 Å². The maximum Gasteiger partial charge on any atom is 0.166 e. The third-order valence-electron chi connectivity index (χ3n) is 5.68. The number of para-hydroxylation sites is 1. The van der Waals surface area contributed by atoms with Crippen LogP contribution in [0.15, 0.2) is 54.6 Å². The molecule has 1 atom stereocenters. The van der Waals surface area contributed by atoms with E-state index in [0.29, 0.717) is 24.3 Å². The lowest BCUT2D eigenvalue weighted by Crippen LogP contribution is -2.28. The molecular weight excluding hydrogens is 424 g/mol. The fraction of sp³-hybridized carbons (Fsp3) is 0.552. The number of ether oxygens (including phenoxy) is 1. The van der Waals surface area contributed by atoms with Gasteiger partial charge in [-0.3, -0.25) is 4.79 Å². The van der Waals surface area contributed by atoms with E-state index in [1.165, 1.54) is 5.56 Å². The SMILES string of the molecule is CC(N)CCCC(C)(C)O.CCN(CC)CCOc1ccccc1C(=O)CCc1ccccc1. The van der Waals surface area contributed by atoms with Crippen LogP contribution in [0, 0.1) is 0 Å². The number of nitrogens with zero attached hydrogens (tertiary/aromatic N) is 1. The molecule has 0 bridgehead atoms. The molecule has 0 spiro atoms. The molecule has 0 aromatic heterocycles. The average molecular weight is 471 g/mol. The largest absolute Gasteiger partial charge is 0.491 e. The average Bonchev–Trinajstić information content (AvgIpc) is 2.80. The van der Waals surface area contributed by atoms with Crippen LogP contribution in [0.5, 0.6) is 5.75 Å². The summed E-state index contributed by atoms with van der Waals surface area (Å²) in [4.78, 5) is 14.9. The van der Waals surface area contributed by atoms with Crippen molar-refractivity contribution in [3.63, 3.8) is 0 Å². The highest BCUT2D eigenvalue weighted by molar-refractivity contribution is 5.98. The molecule has 5 heteroatoms. The lowest BCUT2D eigenvalue weighted by molar-refractivity contribution is 0.0678. The number of benzene rings is 2. The number of nitrogens with two attached hydrogens (primary N) is 1. The highest BCUT2D eigenvalue weighted by atomic mass is 16.5. The van der Waals surface area contributed by atoms with E-state index in [1.54, 1.807) is 0 Å². The van der Waals surface area contributed by atoms with Gasteiger partial charge in [-0.15, -0.1) is 0 Å². The van der Waals surface area contributed by atoms with Crippen LogP contribution >= 0.6 is 0 Å². The van der Waals surface area contributed by atoms with Crippen molar-refractivity contribution in [1.82, 2.24) is 4.90 Å². The Balaban J connectivity index is 0.000000489. The lowest BCUT2D eigenvalue weighted by atomic mass is 10.0. The Labute approximate surface area is 207 Å². The molecule has 2 aromatic rings. The van der Waals surface area contributed by atoms with Gasteiger partial charge in [0.15, 0.2) is 5.78 Å². The summed E-state index contributed by atoms with van der Waals surface area (Å²) < 4.78 is 5.88. The van der Waals surface area contributed by atoms with Crippen molar-refractivity contribution in [2.45, 2.75) is 78.4 Å². The van der Waals surface area contributed by atoms with Crippen molar-refractivity contribution in [2.75, 3.05) is 26.2 Å². The minimum atomic E-state index is -0.519. The number of hydrogen-bond acceptors (Lipinski definition) is 5. The molecule has 5 nitrogen and oxygen atoms in total. The van der Waals surface area contributed by atoms with Crippen LogP contribution in [0.3, 0.4) is 0 Å². The zero-order valence-corrected chi connectivity index (χ0v) is 21.9. The molecule has 2 rings (SSSR count). The summed E-state index contributed by atoms with van der Waals surface area (Å²) in [5.41, 5.74) is 6.90. The summed E-state index contributed by atoms with van der Waals surface area (Å²) in [6.45, 7) is 13.4. The van der Waals surface area contributed by atoms with E-state index in [1.807, 2.05) is 63.2 Å². The fourth-order valence-corrected chi connectivity index (χ4v) is 3.54. The van der Waals surface area contributed by atoms with Crippen molar-refractivity contribution in [1.29, 1.82) is 0 Å². The van der Waals surface area contributed by atoms with E-state index < -0.39 is 5.60 Å². The van der Waals surface area contributed by atoms with Gasteiger partial charge in [-0.1, -0.05) is 56.3 Å². The van der Waals surface area contributed by atoms with Crippen LogP contribution in [0.25, 0.3) is 0 Å². The third kappa shape index (κ3) is 13.5. The predicted molar refractivity (Wildman–Crippen MR) is 143 cm³/mol. The molecule has 1 unspecified atom stereocenters. The topological polar surface area (TPSA) is 75.8 Å². The van der Waals surface area contributed by atoms with E-state index in [9.17, 15) is 9.90 Å². The molecule has 0 aliphatic heterocycles. The first-order valence-electron chi connectivity index (χ1n) is 12.7. The zero-order chi connectivity index (χ0) is 25.4. The number of ketones is 1. The molecule has 0 fully saturated rings. The summed E-state index contributed by atoms with van der Waals surface area (Å²) in [7, 11) is 0. The number of Topliss-reactive ketones (excluding diaryl/α,β-unsaturated/α-hetero) is 1. The van der Waals surface area contributed by atoms with E-state index in [-0.39, 0.29) is 11.8 Å². The second kappa shape index (κ2) is 16.4. The Hall–Kier alpha value is -2.21. The lowest BCUT2D eigenvalue weighted by Gasteiger charge is -2.18. The predicted octanol–water partition coefficient (Wildman–Crippen LogP) is 5.50. The molecule has 0 aliphatic rings. The summed E-state index contributed by atoms with van der Waals surface area (Å²) >= 11 is 0. The van der Waals surface area contributed by atoms with Crippen LogP contribution in [0.1, 0.15) is 76.2 Å². The standard InChI is InChI=1S/C21H27NO2.C8H19NO/c1-3-22(4-2)16-17-24-21-13-9-8-12-19(21)20(23)15-14-18-10-6-5-7-11-18;1-7(9)5-4-6-8(2,3)10/h5-13H,3-4,14-17H2,1-2H3;7,10H,4-6,9H2,1-3H3. The molecule has 0 heterocycles. The molecule has 3 N–H and O–H groups in total. The van der Waals surface area contributed by atoms with Crippen molar-refractivity contribution < 1.29 is 14.6 Å². The van der Waals surface area contributed by atoms with Crippen LogP contribution in [-0.2, 0) is 6.42 Å². The fourth-order valence-electron chi connectivity index (χ4n) is 3.54. The minimum Gasteiger partial charge on any atom is -0.491 e. The molecule has 0 amide bonds. The highest BCUT2D eigenvalue weighted by Gasteiger charge is 2.13. The van der Waals surface area contributed by atoms with Gasteiger partial charge in [0.1, 0.15) is 12.4 Å². The Morgan fingerprint density at radius 2 is 1.68 bits per heavy atom. The Kier molecular flexibility index (Phi) is 14.4. The van der Waals surface area contributed by atoms with Gasteiger partial charge in [-0.05, 0) is 77.2 Å². The summed E-state index contributed by atoms with van der Waals surface area (Å²) in [6.07, 6.45) is 4.12. The summed E-state index contributed by atoms with van der Waals surface area (Å²) in [6, 6.07) is 17.9. The number of carbonyl (C=O) groups excluding carboxylic acids is 1. The first-order chi connectivity index (χ1) is 16.2. The van der Waals surface area contributed by atoms with Crippen molar-refractivity contribution in [3.05, 3.63) is 65.7 Å². The summed E-state index contributed by atoms with van der Waals surface area (Å²) in [5, 5.41) is 9.29. The maximum atomic E-state index is 12.6. The van der Waals surface area contributed by atoms with E-state index in [4.69, 9.17) is 10.5 Å². The van der Waals surface area contributed by atoms with Crippen molar-refractivity contribution in [3.8, 4) is 5.75 Å². The number of aryl methyl sites for hydroxylation is 1. The number of rotatable bonds is 14. The molecule has 34 heavy (non-hydrogen) atoms. The first-order valence-corrected chi connectivity index (χ1v) is 12.7. The van der Waals surface area contributed by atoms with E-state index >= 15 is 0 Å². The summed E-state index contributed by atoms with van der Waals surface area (Å²) in [5.74, 6) is 0.833. The van der Waals surface area contributed by atoms with Gasteiger partial charge < -0.3 is 20.5 Å². The van der Waals surface area contributed by atoms with Gasteiger partial charge in [0.2, 0.25) is 0 Å². The maximum absolute atomic E-state index is 12.6. The smallest absolute Gasteiger partial charge is 0.166 e. The quantitative estimate of drug-likeness (QED) is 0.357.